The Balaban J connectivity index is 1.42. The van der Waals surface area contributed by atoms with Crippen LogP contribution in [0.15, 0.2) is 45.9 Å². The summed E-state index contributed by atoms with van der Waals surface area (Å²) in [5.74, 6) is 2.09. The minimum absolute atomic E-state index is 0.0556. The van der Waals surface area contributed by atoms with Crippen LogP contribution in [0.3, 0.4) is 0 Å². The lowest BCUT2D eigenvalue weighted by Crippen LogP contribution is -2.38. The summed E-state index contributed by atoms with van der Waals surface area (Å²) in [4.78, 5) is 16.4. The minimum Gasteiger partial charge on any atom is -0.454 e. The van der Waals surface area contributed by atoms with Crippen LogP contribution in [0.25, 0.3) is 0 Å². The fourth-order valence-corrected chi connectivity index (χ4v) is 3.05. The predicted molar refractivity (Wildman–Crippen MR) is 113 cm³/mol. The Bertz CT molecular complexity index is 886. The van der Waals surface area contributed by atoms with Gasteiger partial charge in [-0.1, -0.05) is 28.1 Å². The van der Waals surface area contributed by atoms with Crippen LogP contribution < -0.4 is 25.4 Å². The number of anilines is 1. The molecule has 7 nitrogen and oxygen atoms in total. The van der Waals surface area contributed by atoms with Crippen molar-refractivity contribution >= 4 is 33.5 Å². The van der Waals surface area contributed by atoms with Crippen LogP contribution in [0.1, 0.15) is 17.5 Å². The zero-order chi connectivity index (χ0) is 19.9. The van der Waals surface area contributed by atoms with Gasteiger partial charge in [-0.2, -0.15) is 0 Å². The molecule has 0 radical (unpaired) electrons. The Morgan fingerprint density at radius 3 is 2.79 bits per heavy atom. The molecule has 0 saturated carbocycles. The number of aliphatic imine (C=N–C) groups is 1. The predicted octanol–water partition coefficient (Wildman–Crippen LogP) is 3.18. The van der Waals surface area contributed by atoms with Gasteiger partial charge in [-0.05, 0) is 42.3 Å². The molecule has 8 heteroatoms. The summed E-state index contributed by atoms with van der Waals surface area (Å²) >= 11 is 3.42. The summed E-state index contributed by atoms with van der Waals surface area (Å²) in [5.41, 5.74) is 2.88. The number of halogens is 1. The first-order valence-corrected chi connectivity index (χ1v) is 9.73. The maximum absolute atomic E-state index is 12.2. The SMILES string of the molecule is CN=C(NCCC(=O)Nc1cc(Br)ccc1C)NCc1ccc2c(c1)OCO2. The molecule has 0 spiro atoms. The van der Waals surface area contributed by atoms with Gasteiger partial charge in [0.1, 0.15) is 0 Å². The Kier molecular flexibility index (Phi) is 6.76. The highest BCUT2D eigenvalue weighted by Gasteiger charge is 2.13. The van der Waals surface area contributed by atoms with Gasteiger partial charge in [-0.3, -0.25) is 9.79 Å². The van der Waals surface area contributed by atoms with E-state index in [9.17, 15) is 4.79 Å². The lowest BCUT2D eigenvalue weighted by atomic mass is 10.2. The molecular formula is C20H23BrN4O3. The van der Waals surface area contributed by atoms with Crippen LogP contribution in [-0.4, -0.2) is 32.3 Å². The van der Waals surface area contributed by atoms with Crippen LogP contribution >= 0.6 is 15.9 Å². The maximum Gasteiger partial charge on any atom is 0.231 e. The van der Waals surface area contributed by atoms with Crippen molar-refractivity contribution in [3.05, 3.63) is 52.0 Å². The largest absolute Gasteiger partial charge is 0.454 e. The molecule has 0 atom stereocenters. The fraction of sp³-hybridized carbons (Fsp3) is 0.300. The van der Waals surface area contributed by atoms with Gasteiger partial charge in [0.2, 0.25) is 12.7 Å². The van der Waals surface area contributed by atoms with E-state index in [-0.39, 0.29) is 12.7 Å². The van der Waals surface area contributed by atoms with Crippen LogP contribution in [0, 0.1) is 6.92 Å². The zero-order valence-corrected chi connectivity index (χ0v) is 17.4. The molecule has 0 saturated heterocycles. The molecule has 3 N–H and O–H groups in total. The fourth-order valence-electron chi connectivity index (χ4n) is 2.69. The Morgan fingerprint density at radius 2 is 1.96 bits per heavy atom. The summed E-state index contributed by atoms with van der Waals surface area (Å²) in [6.07, 6.45) is 0.330. The third kappa shape index (κ3) is 5.39. The highest BCUT2D eigenvalue weighted by Crippen LogP contribution is 2.32. The number of fused-ring (bicyclic) bond motifs is 1. The smallest absolute Gasteiger partial charge is 0.231 e. The van der Waals surface area contributed by atoms with E-state index in [4.69, 9.17) is 9.47 Å². The topological polar surface area (TPSA) is 84.0 Å². The minimum atomic E-state index is -0.0556. The van der Waals surface area contributed by atoms with Crippen LogP contribution in [-0.2, 0) is 11.3 Å². The second-order valence-electron chi connectivity index (χ2n) is 6.30. The van der Waals surface area contributed by atoms with Crippen LogP contribution in [0.2, 0.25) is 0 Å². The number of benzene rings is 2. The first kappa shape index (κ1) is 20.0. The molecule has 148 valence electrons. The summed E-state index contributed by atoms with van der Waals surface area (Å²) in [6.45, 7) is 3.28. The van der Waals surface area contributed by atoms with Gasteiger partial charge >= 0.3 is 0 Å². The van der Waals surface area contributed by atoms with E-state index in [2.05, 4.69) is 36.9 Å². The number of aryl methyl sites for hydroxylation is 1. The molecule has 0 unspecified atom stereocenters. The van der Waals surface area contributed by atoms with Crippen molar-refractivity contribution in [1.29, 1.82) is 0 Å². The summed E-state index contributed by atoms with van der Waals surface area (Å²) in [5, 5.41) is 9.30. The standard InChI is InChI=1S/C20H23BrN4O3/c1-13-3-5-15(21)10-16(13)25-19(26)7-8-23-20(22-2)24-11-14-4-6-17-18(9-14)28-12-27-17/h3-6,9-10H,7-8,11-12H2,1-2H3,(H,25,26)(H2,22,23,24). The number of carbonyl (C=O) groups is 1. The molecule has 1 amide bonds. The molecule has 1 heterocycles. The molecule has 0 fully saturated rings. The highest BCUT2D eigenvalue weighted by molar-refractivity contribution is 9.10. The molecule has 1 aliphatic heterocycles. The number of guanidine groups is 1. The Hall–Kier alpha value is -2.74. The molecule has 0 aromatic heterocycles. The number of carbonyl (C=O) groups excluding carboxylic acids is 1. The van der Waals surface area contributed by atoms with E-state index in [0.29, 0.717) is 25.5 Å². The van der Waals surface area contributed by atoms with Gasteiger partial charge < -0.3 is 25.4 Å². The van der Waals surface area contributed by atoms with Crippen molar-refractivity contribution < 1.29 is 14.3 Å². The van der Waals surface area contributed by atoms with Crippen molar-refractivity contribution in [2.24, 2.45) is 4.99 Å². The maximum atomic E-state index is 12.2. The van der Waals surface area contributed by atoms with Gasteiger partial charge in [0.25, 0.3) is 0 Å². The molecule has 28 heavy (non-hydrogen) atoms. The second-order valence-corrected chi connectivity index (χ2v) is 7.21. The van der Waals surface area contributed by atoms with Gasteiger partial charge in [-0.15, -0.1) is 0 Å². The molecule has 0 aliphatic carbocycles. The number of ether oxygens (including phenoxy) is 2. The zero-order valence-electron chi connectivity index (χ0n) is 15.8. The Labute approximate surface area is 172 Å². The average molecular weight is 447 g/mol. The number of nitrogens with zero attached hydrogens (tertiary/aromatic N) is 1. The Morgan fingerprint density at radius 1 is 1.14 bits per heavy atom. The van der Waals surface area contributed by atoms with Crippen LogP contribution in [0.4, 0.5) is 5.69 Å². The van der Waals surface area contributed by atoms with Crippen LogP contribution in [0.5, 0.6) is 11.5 Å². The first-order chi connectivity index (χ1) is 13.5. The number of rotatable bonds is 6. The number of hydrogen-bond acceptors (Lipinski definition) is 4. The van der Waals surface area contributed by atoms with Crippen molar-refractivity contribution in [2.45, 2.75) is 19.9 Å². The van der Waals surface area contributed by atoms with E-state index < -0.39 is 0 Å². The normalized spacial score (nSPS) is 12.6. The van der Waals surface area contributed by atoms with E-state index in [1.807, 2.05) is 43.3 Å². The van der Waals surface area contributed by atoms with E-state index in [1.165, 1.54) is 0 Å². The molecule has 2 aromatic rings. The number of hydrogen-bond donors (Lipinski definition) is 3. The lowest BCUT2D eigenvalue weighted by Gasteiger charge is -2.13. The third-order valence-corrected chi connectivity index (χ3v) is 4.73. The summed E-state index contributed by atoms with van der Waals surface area (Å²) in [6, 6.07) is 11.6. The van der Waals surface area contributed by atoms with E-state index >= 15 is 0 Å². The van der Waals surface area contributed by atoms with Crippen molar-refractivity contribution in [3.63, 3.8) is 0 Å². The monoisotopic (exact) mass is 446 g/mol. The molecular weight excluding hydrogens is 424 g/mol. The summed E-state index contributed by atoms with van der Waals surface area (Å²) < 4.78 is 11.6. The highest BCUT2D eigenvalue weighted by atomic mass is 79.9. The summed E-state index contributed by atoms with van der Waals surface area (Å²) in [7, 11) is 1.69. The van der Waals surface area contributed by atoms with Gasteiger partial charge in [0, 0.05) is 36.7 Å². The van der Waals surface area contributed by atoms with Crippen molar-refractivity contribution in [3.8, 4) is 11.5 Å². The second kappa shape index (κ2) is 9.45. The van der Waals surface area contributed by atoms with Crippen molar-refractivity contribution in [1.82, 2.24) is 10.6 Å². The number of nitrogens with one attached hydrogen (secondary N) is 3. The van der Waals surface area contributed by atoms with E-state index in [0.717, 1.165) is 32.8 Å². The third-order valence-electron chi connectivity index (χ3n) is 4.24. The van der Waals surface area contributed by atoms with Gasteiger partial charge in [-0.25, -0.2) is 0 Å². The molecule has 2 aromatic carbocycles. The lowest BCUT2D eigenvalue weighted by molar-refractivity contribution is -0.116. The number of amides is 1. The molecule has 1 aliphatic rings. The van der Waals surface area contributed by atoms with Gasteiger partial charge in [0.05, 0.1) is 0 Å². The van der Waals surface area contributed by atoms with E-state index in [1.54, 1.807) is 7.05 Å². The van der Waals surface area contributed by atoms with Crippen molar-refractivity contribution in [2.75, 3.05) is 25.7 Å². The average Bonchev–Trinajstić information content (AvgIpc) is 3.15. The molecule has 3 rings (SSSR count). The quantitative estimate of drug-likeness (QED) is 0.468. The molecule has 0 bridgehead atoms. The first-order valence-electron chi connectivity index (χ1n) is 8.94. The van der Waals surface area contributed by atoms with Gasteiger partial charge in [0.15, 0.2) is 17.5 Å².